The van der Waals surface area contributed by atoms with Crippen LogP contribution in [0.1, 0.15) is 28.9 Å². The zero-order chi connectivity index (χ0) is 66.7. The third kappa shape index (κ3) is 22.4. The molecule has 22 nitrogen and oxygen atoms in total. The van der Waals surface area contributed by atoms with Crippen molar-refractivity contribution in [1.29, 1.82) is 0 Å². The molecule has 498 valence electrons. The number of sulfone groups is 1. The van der Waals surface area contributed by atoms with E-state index in [2.05, 4.69) is 40.8 Å². The van der Waals surface area contributed by atoms with Gasteiger partial charge in [0, 0.05) is 66.2 Å². The molecule has 0 spiro atoms. The van der Waals surface area contributed by atoms with Gasteiger partial charge in [-0.15, -0.1) is 0 Å². The molecule has 0 saturated carbocycles. The molecule has 0 atom stereocenters. The predicted octanol–water partition coefficient (Wildman–Crippen LogP) is 12.1. The molecule has 0 bridgehead atoms. The number of morpholine rings is 1. The molecule has 3 aromatic heterocycles. The van der Waals surface area contributed by atoms with Gasteiger partial charge in [0.2, 0.25) is 0 Å². The first-order chi connectivity index (χ1) is 44.4. The van der Waals surface area contributed by atoms with Crippen molar-refractivity contribution in [2.75, 3.05) is 75.8 Å². The van der Waals surface area contributed by atoms with Gasteiger partial charge in [-0.25, -0.2) is 37.1 Å². The molecule has 1 aliphatic rings. The van der Waals surface area contributed by atoms with Crippen LogP contribution in [0.25, 0.3) is 33.1 Å². The fraction of sp³-hybridized carbons (Fsp3) is 0.231. The molecule has 29 heteroatoms. The van der Waals surface area contributed by atoms with Crippen LogP contribution in [0.5, 0.6) is 17.2 Å². The smallest absolute Gasteiger partial charge is 0.294 e. The van der Waals surface area contributed by atoms with Crippen LogP contribution in [0.3, 0.4) is 0 Å². The maximum absolute atomic E-state index is 13.5. The molecule has 0 unspecified atom stereocenters. The first kappa shape index (κ1) is 73.0. The van der Waals surface area contributed by atoms with E-state index in [1.165, 1.54) is 67.4 Å². The minimum atomic E-state index is -4.02. The Bertz CT molecular complexity index is 4450. The molecular formula is C65H68Cl2F2N8O14S3. The number of nitrogens with one attached hydrogen (secondary N) is 3. The van der Waals surface area contributed by atoms with E-state index in [1.54, 1.807) is 61.7 Å². The van der Waals surface area contributed by atoms with Crippen LogP contribution in [0, 0.1) is 25.5 Å². The Labute approximate surface area is 553 Å². The number of methoxy groups -OCH3 is 1. The summed E-state index contributed by atoms with van der Waals surface area (Å²) >= 11 is 12.4. The van der Waals surface area contributed by atoms with Gasteiger partial charge >= 0.3 is 0 Å². The molecule has 0 radical (unpaired) electrons. The van der Waals surface area contributed by atoms with Gasteiger partial charge < -0.3 is 44.8 Å². The Kier molecular flexibility index (Phi) is 26.5. The number of fused-ring (bicyclic) bond motifs is 2. The summed E-state index contributed by atoms with van der Waals surface area (Å²) in [7, 11) is -9.46. The van der Waals surface area contributed by atoms with Crippen molar-refractivity contribution in [3.63, 3.8) is 0 Å². The minimum absolute atomic E-state index is 0. The van der Waals surface area contributed by atoms with Crippen LogP contribution in [0.4, 0.5) is 31.8 Å². The third-order valence-corrected chi connectivity index (χ3v) is 17.0. The fourth-order valence-corrected chi connectivity index (χ4v) is 10.8. The Balaban J connectivity index is 0.000000202. The molecule has 7 aromatic carbocycles. The lowest BCUT2D eigenvalue weighted by atomic mass is 10.1. The number of aromatic nitrogens is 4. The van der Waals surface area contributed by atoms with Crippen LogP contribution in [0.2, 0.25) is 10.0 Å². The van der Waals surface area contributed by atoms with Crippen molar-refractivity contribution in [2.45, 2.75) is 43.2 Å². The summed E-state index contributed by atoms with van der Waals surface area (Å²) in [5.74, 6) is 3.48. The predicted molar refractivity (Wildman–Crippen MR) is 358 cm³/mol. The third-order valence-electron chi connectivity index (χ3n) is 13.7. The van der Waals surface area contributed by atoms with Crippen LogP contribution in [-0.2, 0) is 48.0 Å². The topological polar surface area (TPSA) is 315 Å². The van der Waals surface area contributed by atoms with Crippen LogP contribution in [0.15, 0.2) is 179 Å². The summed E-state index contributed by atoms with van der Waals surface area (Å²) < 4.78 is 137. The fourth-order valence-electron chi connectivity index (χ4n) is 8.89. The lowest BCUT2D eigenvalue weighted by molar-refractivity contribution is 0.0357. The van der Waals surface area contributed by atoms with Crippen LogP contribution in [-0.4, -0.2) is 130 Å². The van der Waals surface area contributed by atoms with Crippen molar-refractivity contribution >= 4 is 98.1 Å². The Morgan fingerprint density at radius 2 is 1.24 bits per heavy atom. The van der Waals surface area contributed by atoms with Gasteiger partial charge in [0.15, 0.2) is 11.5 Å². The number of aryl methyl sites for hydroxylation is 2. The van der Waals surface area contributed by atoms with E-state index in [-0.39, 0.29) is 38.5 Å². The van der Waals surface area contributed by atoms with Gasteiger partial charge in [-0.2, -0.15) is 16.8 Å². The van der Waals surface area contributed by atoms with Gasteiger partial charge in [-0.3, -0.25) is 14.0 Å². The standard InChI is InChI=1S/C29H26ClFN4O4S.C22H24ClFN4O3.2C7H8O3S.H2O/c1-40(36,37)12-11-32-16-23-7-10-27(39-23)20-5-8-26-24(14-20)29(34-18-33-26)35-22-6-9-28(25(30)15-22)38-17-19-3-2-4-21(31)13-19;1-29-20-13-19-16(12-21(20)31-8-2-5-28-6-9-30-10-7-28)22(26-14-25-19)27-15-3-4-18(24)17(23)11-15;2*1-6-2-4-7(5-3-6)11(8,9)10;/h2-10,13-15,18,32H,11-12,16-17H2,1H3,(H,33,34,35);3-4,11-14H,2,5-10H2,1H3,(H,25,26,27);2*2-5H,1H3,(H,8,9,10);1H2. The summed E-state index contributed by atoms with van der Waals surface area (Å²) in [5, 5.41) is 11.5. The number of benzene rings is 7. The Hall–Kier alpha value is -8.45. The molecule has 1 saturated heterocycles. The highest BCUT2D eigenvalue weighted by Crippen LogP contribution is 2.36. The average molecular weight is 1390 g/mol. The highest BCUT2D eigenvalue weighted by molar-refractivity contribution is 7.90. The van der Waals surface area contributed by atoms with Crippen molar-refractivity contribution in [3.05, 3.63) is 208 Å². The summed E-state index contributed by atoms with van der Waals surface area (Å²) in [6.07, 6.45) is 5.04. The zero-order valence-electron chi connectivity index (χ0n) is 51.2. The largest absolute Gasteiger partial charge is 0.493 e. The van der Waals surface area contributed by atoms with E-state index in [4.69, 9.17) is 55.7 Å². The zero-order valence-corrected chi connectivity index (χ0v) is 55.2. The first-order valence-corrected chi connectivity index (χ1v) is 34.3. The number of rotatable bonds is 21. The Morgan fingerprint density at radius 3 is 1.83 bits per heavy atom. The number of nitrogens with zero attached hydrogens (tertiary/aromatic N) is 5. The maximum Gasteiger partial charge on any atom is 0.294 e. The van der Waals surface area contributed by atoms with Gasteiger partial charge in [0.25, 0.3) is 20.2 Å². The van der Waals surface area contributed by atoms with E-state index in [1.807, 2.05) is 62.4 Å². The molecule has 11 rings (SSSR count). The highest BCUT2D eigenvalue weighted by Gasteiger charge is 2.17. The van der Waals surface area contributed by atoms with Crippen LogP contribution < -0.4 is 30.2 Å². The first-order valence-electron chi connectivity index (χ1n) is 28.6. The normalized spacial score (nSPS) is 12.4. The van der Waals surface area contributed by atoms with E-state index in [0.29, 0.717) is 87.6 Å². The molecule has 0 amide bonds. The highest BCUT2D eigenvalue weighted by atomic mass is 35.5. The number of ether oxygens (including phenoxy) is 4. The monoisotopic (exact) mass is 1390 g/mol. The minimum Gasteiger partial charge on any atom is -0.493 e. The average Bonchev–Trinajstić information content (AvgIpc) is 1.06. The van der Waals surface area contributed by atoms with Gasteiger partial charge in [0.1, 0.15) is 69.6 Å². The second-order valence-electron chi connectivity index (χ2n) is 20.9. The number of halogens is 4. The Morgan fingerprint density at radius 1 is 0.638 bits per heavy atom. The van der Waals surface area contributed by atoms with Gasteiger partial charge in [0.05, 0.1) is 70.1 Å². The quantitative estimate of drug-likeness (QED) is 0.0330. The van der Waals surface area contributed by atoms with Crippen molar-refractivity contribution in [2.24, 2.45) is 0 Å². The van der Waals surface area contributed by atoms with Gasteiger partial charge in [-0.1, -0.05) is 70.7 Å². The van der Waals surface area contributed by atoms with Crippen molar-refractivity contribution in [1.82, 2.24) is 30.2 Å². The van der Waals surface area contributed by atoms with Crippen LogP contribution >= 0.6 is 23.2 Å². The number of hydrogen-bond donors (Lipinski definition) is 5. The van der Waals surface area contributed by atoms with Crippen molar-refractivity contribution in [3.8, 4) is 28.6 Å². The summed E-state index contributed by atoms with van der Waals surface area (Å²) in [6.45, 7) is 9.64. The number of hydrogen-bond acceptors (Lipinski definition) is 19. The van der Waals surface area contributed by atoms with E-state index in [0.717, 1.165) is 72.2 Å². The summed E-state index contributed by atoms with van der Waals surface area (Å²) in [5.41, 5.74) is 6.22. The van der Waals surface area contributed by atoms with E-state index >= 15 is 0 Å². The molecule has 1 aliphatic heterocycles. The summed E-state index contributed by atoms with van der Waals surface area (Å²) in [4.78, 5) is 19.7. The molecular weight excluding hydrogens is 1320 g/mol. The molecule has 7 N–H and O–H groups in total. The van der Waals surface area contributed by atoms with E-state index < -0.39 is 35.9 Å². The molecule has 1 fully saturated rings. The SMILES string of the molecule is COc1cc2ncnc(Nc3ccc(F)c(Cl)c3)c2cc1OCCCN1CCOCC1.CS(=O)(=O)CCNCc1ccc(-c2ccc3ncnc(Nc4ccc(OCc5cccc(F)c5)c(Cl)c4)c3c2)o1.Cc1ccc(S(=O)(=O)O)cc1.Cc1ccc(S(=O)(=O)O)cc1.O. The molecule has 94 heavy (non-hydrogen) atoms. The summed E-state index contributed by atoms with van der Waals surface area (Å²) in [6, 6.07) is 41.0. The lowest BCUT2D eigenvalue weighted by Crippen LogP contribution is -2.37. The number of furan rings is 1. The second-order valence-corrected chi connectivity index (χ2v) is 26.9. The molecule has 4 heterocycles. The molecule has 0 aliphatic carbocycles. The molecule has 10 aromatic rings. The maximum atomic E-state index is 13.5. The van der Waals surface area contributed by atoms with Crippen molar-refractivity contribution < 1.29 is 72.0 Å². The lowest BCUT2D eigenvalue weighted by Gasteiger charge is -2.26. The second kappa shape index (κ2) is 34.1. The van der Waals surface area contributed by atoms with Gasteiger partial charge in [-0.05, 0) is 135 Å². The number of anilines is 4. The van der Waals surface area contributed by atoms with E-state index in [9.17, 15) is 34.0 Å².